The number of aliphatic hydroxyl groups excluding tert-OH is 3. The Labute approximate surface area is 78.1 Å². The zero-order valence-corrected chi connectivity index (χ0v) is 8.21. The Bertz CT molecular complexity index is 171. The average Bonchev–Trinajstić information content (AvgIpc) is 2.07. The molecule has 13 heavy (non-hydrogen) atoms. The Morgan fingerprint density at radius 3 is 2.00 bits per heavy atom. The zero-order chi connectivity index (χ0) is 10.2. The highest BCUT2D eigenvalue weighted by atomic mass is 16.5. The fraction of sp³-hybridized carbons (Fsp3) is 1.00. The lowest BCUT2D eigenvalue weighted by molar-refractivity contribution is -0.226. The first-order valence-electron chi connectivity index (χ1n) is 4.64. The van der Waals surface area contributed by atoms with Crippen molar-refractivity contribution < 1.29 is 20.1 Å². The van der Waals surface area contributed by atoms with Crippen molar-refractivity contribution in [3.63, 3.8) is 0 Å². The molecule has 0 amide bonds. The summed E-state index contributed by atoms with van der Waals surface area (Å²) in [5, 5.41) is 28.4. The smallest absolute Gasteiger partial charge is 0.111 e. The van der Waals surface area contributed by atoms with Crippen LogP contribution in [0.5, 0.6) is 0 Å². The van der Waals surface area contributed by atoms with Crippen LogP contribution in [0.1, 0.15) is 20.8 Å². The minimum absolute atomic E-state index is 0.125. The lowest BCUT2D eigenvalue weighted by Crippen LogP contribution is -2.57. The average molecular weight is 190 g/mol. The lowest BCUT2D eigenvalue weighted by atomic mass is 9.90. The first-order chi connectivity index (χ1) is 5.95. The lowest BCUT2D eigenvalue weighted by Gasteiger charge is -2.41. The van der Waals surface area contributed by atoms with Gasteiger partial charge < -0.3 is 20.1 Å². The van der Waals surface area contributed by atoms with Crippen molar-refractivity contribution in [2.45, 2.75) is 51.3 Å². The monoisotopic (exact) mass is 190 g/mol. The molecule has 78 valence electrons. The predicted molar refractivity (Wildman–Crippen MR) is 47.2 cm³/mol. The number of hydrogen-bond donors (Lipinski definition) is 3. The molecule has 1 aliphatic heterocycles. The molecule has 0 aliphatic carbocycles. The SMILES string of the molecule is CC(C)[C@H]1OC(C)[C@H](O)[C@H](O)C1O. The molecule has 0 aromatic heterocycles. The Kier molecular flexibility index (Phi) is 3.29. The van der Waals surface area contributed by atoms with Crippen LogP contribution in [0.4, 0.5) is 0 Å². The molecule has 5 atom stereocenters. The second kappa shape index (κ2) is 3.92. The van der Waals surface area contributed by atoms with Crippen LogP contribution in [0.25, 0.3) is 0 Å². The van der Waals surface area contributed by atoms with E-state index in [2.05, 4.69) is 0 Å². The van der Waals surface area contributed by atoms with Crippen molar-refractivity contribution >= 4 is 0 Å². The van der Waals surface area contributed by atoms with Gasteiger partial charge in [-0.25, -0.2) is 0 Å². The Hall–Kier alpha value is -0.160. The summed E-state index contributed by atoms with van der Waals surface area (Å²) in [7, 11) is 0. The van der Waals surface area contributed by atoms with E-state index < -0.39 is 30.5 Å². The standard InChI is InChI=1S/C9H18O4/c1-4(2)9-8(12)7(11)6(10)5(3)13-9/h4-12H,1-3H3/t5?,6-,7-,8?,9+/m0/s1. The second-order valence-electron chi connectivity index (χ2n) is 4.02. The van der Waals surface area contributed by atoms with Gasteiger partial charge in [-0.1, -0.05) is 13.8 Å². The highest BCUT2D eigenvalue weighted by molar-refractivity contribution is 4.91. The summed E-state index contributed by atoms with van der Waals surface area (Å²) < 4.78 is 5.38. The van der Waals surface area contributed by atoms with Crippen molar-refractivity contribution in [1.82, 2.24) is 0 Å². The number of rotatable bonds is 1. The maximum absolute atomic E-state index is 9.56. The maximum atomic E-state index is 9.56. The van der Waals surface area contributed by atoms with Crippen molar-refractivity contribution in [2.24, 2.45) is 5.92 Å². The van der Waals surface area contributed by atoms with E-state index in [1.165, 1.54) is 0 Å². The molecular formula is C9H18O4. The molecule has 4 nitrogen and oxygen atoms in total. The molecule has 0 bridgehead atoms. The summed E-state index contributed by atoms with van der Waals surface area (Å²) in [5.41, 5.74) is 0. The summed E-state index contributed by atoms with van der Waals surface area (Å²) in [6, 6.07) is 0. The third kappa shape index (κ3) is 2.02. The molecule has 2 unspecified atom stereocenters. The number of hydrogen-bond acceptors (Lipinski definition) is 4. The molecule has 1 fully saturated rings. The maximum Gasteiger partial charge on any atom is 0.111 e. The van der Waals surface area contributed by atoms with Gasteiger partial charge in [-0.15, -0.1) is 0 Å². The zero-order valence-electron chi connectivity index (χ0n) is 8.21. The van der Waals surface area contributed by atoms with E-state index in [0.717, 1.165) is 0 Å². The number of ether oxygens (including phenoxy) is 1. The molecule has 1 rings (SSSR count). The van der Waals surface area contributed by atoms with Gasteiger partial charge in [-0.2, -0.15) is 0 Å². The van der Waals surface area contributed by atoms with Crippen LogP contribution in [0, 0.1) is 5.92 Å². The van der Waals surface area contributed by atoms with E-state index in [9.17, 15) is 15.3 Å². The summed E-state index contributed by atoms with van der Waals surface area (Å²) in [4.78, 5) is 0. The molecular weight excluding hydrogens is 172 g/mol. The predicted octanol–water partition coefficient (Wildman–Crippen LogP) is -0.488. The molecule has 1 aliphatic rings. The van der Waals surface area contributed by atoms with E-state index in [1.807, 2.05) is 13.8 Å². The third-order valence-corrected chi connectivity index (χ3v) is 2.55. The van der Waals surface area contributed by atoms with Gasteiger partial charge in [0.05, 0.1) is 12.2 Å². The minimum Gasteiger partial charge on any atom is -0.388 e. The van der Waals surface area contributed by atoms with Crippen molar-refractivity contribution in [3.8, 4) is 0 Å². The molecule has 1 heterocycles. The Balaban J connectivity index is 2.70. The van der Waals surface area contributed by atoms with E-state index in [4.69, 9.17) is 4.74 Å². The van der Waals surface area contributed by atoms with Crippen LogP contribution in [0.3, 0.4) is 0 Å². The van der Waals surface area contributed by atoms with E-state index in [0.29, 0.717) is 0 Å². The molecule has 4 heteroatoms. The van der Waals surface area contributed by atoms with Crippen LogP contribution in [-0.2, 0) is 4.74 Å². The van der Waals surface area contributed by atoms with Crippen LogP contribution in [-0.4, -0.2) is 45.8 Å². The van der Waals surface area contributed by atoms with Gasteiger partial charge in [0.25, 0.3) is 0 Å². The van der Waals surface area contributed by atoms with Crippen LogP contribution < -0.4 is 0 Å². The number of aliphatic hydroxyl groups is 3. The van der Waals surface area contributed by atoms with Gasteiger partial charge in [-0.05, 0) is 12.8 Å². The normalized spacial score (nSPS) is 46.8. The fourth-order valence-electron chi connectivity index (χ4n) is 1.63. The molecule has 0 aromatic carbocycles. The summed E-state index contributed by atoms with van der Waals surface area (Å²) in [6.07, 6.45) is -3.91. The highest BCUT2D eigenvalue weighted by Gasteiger charge is 2.42. The van der Waals surface area contributed by atoms with Gasteiger partial charge in [0.1, 0.15) is 18.3 Å². The Morgan fingerprint density at radius 1 is 1.00 bits per heavy atom. The quantitative estimate of drug-likeness (QED) is 0.522. The van der Waals surface area contributed by atoms with Crippen molar-refractivity contribution in [3.05, 3.63) is 0 Å². The first-order valence-corrected chi connectivity index (χ1v) is 4.64. The molecule has 0 saturated carbocycles. The van der Waals surface area contributed by atoms with E-state index >= 15 is 0 Å². The topological polar surface area (TPSA) is 69.9 Å². The molecule has 0 spiro atoms. The molecule has 3 N–H and O–H groups in total. The Morgan fingerprint density at radius 2 is 1.54 bits per heavy atom. The molecule has 1 saturated heterocycles. The molecule has 0 radical (unpaired) electrons. The van der Waals surface area contributed by atoms with E-state index in [-0.39, 0.29) is 5.92 Å². The van der Waals surface area contributed by atoms with Gasteiger partial charge in [0, 0.05) is 0 Å². The van der Waals surface area contributed by atoms with Gasteiger partial charge in [0.2, 0.25) is 0 Å². The summed E-state index contributed by atoms with van der Waals surface area (Å²) in [6.45, 7) is 5.51. The summed E-state index contributed by atoms with van der Waals surface area (Å²) in [5.74, 6) is 0.125. The second-order valence-corrected chi connectivity index (χ2v) is 4.02. The highest BCUT2D eigenvalue weighted by Crippen LogP contribution is 2.25. The first kappa shape index (κ1) is 10.9. The fourth-order valence-corrected chi connectivity index (χ4v) is 1.63. The van der Waals surface area contributed by atoms with Crippen LogP contribution >= 0.6 is 0 Å². The van der Waals surface area contributed by atoms with Crippen LogP contribution in [0.15, 0.2) is 0 Å². The minimum atomic E-state index is -1.10. The van der Waals surface area contributed by atoms with Gasteiger partial charge >= 0.3 is 0 Å². The molecule has 0 aromatic rings. The largest absolute Gasteiger partial charge is 0.388 e. The third-order valence-electron chi connectivity index (χ3n) is 2.55. The van der Waals surface area contributed by atoms with Crippen molar-refractivity contribution in [1.29, 1.82) is 0 Å². The van der Waals surface area contributed by atoms with Crippen LogP contribution in [0.2, 0.25) is 0 Å². The van der Waals surface area contributed by atoms with Crippen molar-refractivity contribution in [2.75, 3.05) is 0 Å². The van der Waals surface area contributed by atoms with Gasteiger partial charge in [-0.3, -0.25) is 0 Å². The van der Waals surface area contributed by atoms with Gasteiger partial charge in [0.15, 0.2) is 0 Å². The van der Waals surface area contributed by atoms with E-state index in [1.54, 1.807) is 6.92 Å². The summed E-state index contributed by atoms with van der Waals surface area (Å²) >= 11 is 0.